The Kier molecular flexibility index (Phi) is 7.36. The van der Waals surface area contributed by atoms with Gasteiger partial charge in [0.2, 0.25) is 0 Å². The molecule has 4 N–H and O–H groups in total. The van der Waals surface area contributed by atoms with Crippen LogP contribution in [0.25, 0.3) is 0 Å². The van der Waals surface area contributed by atoms with Crippen LogP contribution in [0.15, 0.2) is 30.5 Å². The zero-order valence-electron chi connectivity index (χ0n) is 19.6. The van der Waals surface area contributed by atoms with E-state index in [4.69, 9.17) is 5.73 Å². The van der Waals surface area contributed by atoms with E-state index >= 15 is 0 Å². The van der Waals surface area contributed by atoms with Gasteiger partial charge in [0.05, 0.1) is 24.4 Å². The number of nitrogens with two attached hydrogens (primary N) is 1. The number of hydrogen-bond acceptors (Lipinski definition) is 5. The van der Waals surface area contributed by atoms with Crippen molar-refractivity contribution in [3.63, 3.8) is 0 Å². The summed E-state index contributed by atoms with van der Waals surface area (Å²) in [4.78, 5) is 12.0. The highest BCUT2D eigenvalue weighted by molar-refractivity contribution is 5.97. The van der Waals surface area contributed by atoms with Crippen LogP contribution in [-0.2, 0) is 18.5 Å². The molecule has 4 rings (SSSR count). The number of nitriles is 1. The van der Waals surface area contributed by atoms with Crippen molar-refractivity contribution >= 4 is 11.7 Å². The molecule has 2 saturated carbocycles. The molecule has 7 nitrogen and oxygen atoms in total. The van der Waals surface area contributed by atoms with E-state index in [0.717, 1.165) is 32.2 Å². The van der Waals surface area contributed by atoms with Crippen LogP contribution in [0.1, 0.15) is 66.4 Å². The third-order valence-corrected chi connectivity index (χ3v) is 7.14. The average Bonchev–Trinajstić information content (AvgIpc) is 3.53. The van der Waals surface area contributed by atoms with E-state index in [9.17, 15) is 23.2 Å². The van der Waals surface area contributed by atoms with Crippen molar-refractivity contribution in [2.45, 2.75) is 75.7 Å². The molecule has 1 amide bonds. The number of carbonyl (C=O) groups is 1. The summed E-state index contributed by atoms with van der Waals surface area (Å²) in [5.41, 5.74) is 6.28. The third kappa shape index (κ3) is 6.34. The van der Waals surface area contributed by atoms with Gasteiger partial charge in [-0.05, 0) is 55.6 Å². The summed E-state index contributed by atoms with van der Waals surface area (Å²) < 4.78 is 40.5. The minimum absolute atomic E-state index is 0.111. The SMILES string of the molecule is N#CC[C@]1(n2cc(C(N)=O)c(NCC3CC3)n2)CC[C@H](NCc2ccccc2CC(F)(F)F)CC1. The maximum atomic E-state index is 12.9. The second kappa shape index (κ2) is 10.3. The molecule has 10 heteroatoms. The molecule has 2 aliphatic rings. The molecule has 1 aromatic heterocycles. The molecule has 0 atom stereocenters. The Morgan fingerprint density at radius 2 is 1.89 bits per heavy atom. The van der Waals surface area contributed by atoms with Gasteiger partial charge < -0.3 is 16.4 Å². The van der Waals surface area contributed by atoms with Crippen molar-refractivity contribution in [2.75, 3.05) is 11.9 Å². The molecule has 35 heavy (non-hydrogen) atoms. The monoisotopic (exact) mass is 488 g/mol. The maximum absolute atomic E-state index is 12.9. The molecule has 0 bridgehead atoms. The van der Waals surface area contributed by atoms with Crippen molar-refractivity contribution < 1.29 is 18.0 Å². The number of halogens is 3. The predicted octanol–water partition coefficient (Wildman–Crippen LogP) is 4.25. The summed E-state index contributed by atoms with van der Waals surface area (Å²) >= 11 is 0. The molecule has 2 aliphatic carbocycles. The highest BCUT2D eigenvalue weighted by Gasteiger charge is 2.39. The minimum atomic E-state index is -4.25. The lowest BCUT2D eigenvalue weighted by molar-refractivity contribution is -0.127. The number of anilines is 1. The number of amides is 1. The summed E-state index contributed by atoms with van der Waals surface area (Å²) in [6.45, 7) is 1.09. The number of nitrogens with one attached hydrogen (secondary N) is 2. The fourth-order valence-electron chi connectivity index (χ4n) is 4.86. The van der Waals surface area contributed by atoms with E-state index in [1.807, 2.05) is 0 Å². The van der Waals surface area contributed by atoms with Gasteiger partial charge in [-0.15, -0.1) is 0 Å². The number of primary amides is 1. The molecule has 1 aromatic carbocycles. The molecule has 0 unspecified atom stereocenters. The van der Waals surface area contributed by atoms with Gasteiger partial charge in [0.1, 0.15) is 5.56 Å². The highest BCUT2D eigenvalue weighted by Crippen LogP contribution is 2.39. The van der Waals surface area contributed by atoms with Crippen molar-refractivity contribution in [1.29, 1.82) is 5.26 Å². The number of rotatable bonds is 10. The lowest BCUT2D eigenvalue weighted by Crippen LogP contribution is -2.43. The van der Waals surface area contributed by atoms with Gasteiger partial charge in [0.25, 0.3) is 5.91 Å². The second-order valence-electron chi connectivity index (χ2n) is 9.80. The summed E-state index contributed by atoms with van der Waals surface area (Å²) in [6.07, 6.45) is 1.80. The lowest BCUT2D eigenvalue weighted by atomic mass is 9.77. The van der Waals surface area contributed by atoms with Gasteiger partial charge in [0, 0.05) is 25.3 Å². The zero-order valence-corrected chi connectivity index (χ0v) is 19.6. The maximum Gasteiger partial charge on any atom is 0.393 e. The van der Waals surface area contributed by atoms with Crippen molar-refractivity contribution in [1.82, 2.24) is 15.1 Å². The molecule has 1 heterocycles. The Bertz CT molecular complexity index is 1080. The number of benzene rings is 1. The Morgan fingerprint density at radius 3 is 2.49 bits per heavy atom. The van der Waals surface area contributed by atoms with E-state index in [-0.39, 0.29) is 18.0 Å². The van der Waals surface area contributed by atoms with Crippen LogP contribution in [0.2, 0.25) is 0 Å². The van der Waals surface area contributed by atoms with Crippen LogP contribution in [0.5, 0.6) is 0 Å². The molecular formula is C25H31F3N6O. The van der Waals surface area contributed by atoms with Crippen LogP contribution in [0.3, 0.4) is 0 Å². The molecule has 2 aromatic rings. The molecule has 0 aliphatic heterocycles. The Morgan fingerprint density at radius 1 is 1.20 bits per heavy atom. The Labute approximate surface area is 202 Å². The Balaban J connectivity index is 1.42. The number of carbonyl (C=O) groups excluding carboxylic acids is 1. The van der Waals surface area contributed by atoms with Crippen LogP contribution in [0, 0.1) is 17.2 Å². The summed E-state index contributed by atoms with van der Waals surface area (Å²) in [7, 11) is 0. The number of alkyl halides is 3. The summed E-state index contributed by atoms with van der Waals surface area (Å²) in [6, 6.07) is 9.00. The number of aromatic nitrogens is 2. The molecule has 0 radical (unpaired) electrons. The van der Waals surface area contributed by atoms with E-state index < -0.39 is 24.0 Å². The highest BCUT2D eigenvalue weighted by atomic mass is 19.4. The van der Waals surface area contributed by atoms with E-state index in [1.54, 1.807) is 29.1 Å². The molecule has 0 saturated heterocycles. The first-order valence-corrected chi connectivity index (χ1v) is 12.1. The summed E-state index contributed by atoms with van der Waals surface area (Å²) in [5.74, 6) is 0.495. The topological polar surface area (TPSA) is 109 Å². The predicted molar refractivity (Wildman–Crippen MR) is 125 cm³/mol. The molecular weight excluding hydrogens is 457 g/mol. The van der Waals surface area contributed by atoms with Crippen LogP contribution in [-0.4, -0.2) is 34.5 Å². The molecule has 0 spiro atoms. The zero-order chi connectivity index (χ0) is 25.1. The van der Waals surface area contributed by atoms with E-state index in [2.05, 4.69) is 21.8 Å². The quantitative estimate of drug-likeness (QED) is 0.463. The lowest BCUT2D eigenvalue weighted by Gasteiger charge is -2.39. The van der Waals surface area contributed by atoms with Crippen molar-refractivity contribution in [3.8, 4) is 6.07 Å². The largest absolute Gasteiger partial charge is 0.393 e. The van der Waals surface area contributed by atoms with Crippen LogP contribution < -0.4 is 16.4 Å². The van der Waals surface area contributed by atoms with E-state index in [1.165, 1.54) is 6.07 Å². The fourth-order valence-corrected chi connectivity index (χ4v) is 4.86. The van der Waals surface area contributed by atoms with Crippen molar-refractivity contribution in [3.05, 3.63) is 47.2 Å². The molecule has 188 valence electrons. The van der Waals surface area contributed by atoms with Gasteiger partial charge >= 0.3 is 6.18 Å². The van der Waals surface area contributed by atoms with Gasteiger partial charge in [-0.25, -0.2) is 0 Å². The van der Waals surface area contributed by atoms with Gasteiger partial charge in [0.15, 0.2) is 5.82 Å². The summed E-state index contributed by atoms with van der Waals surface area (Å²) in [5, 5.41) is 20.8. The average molecular weight is 489 g/mol. The minimum Gasteiger partial charge on any atom is -0.368 e. The first-order valence-electron chi connectivity index (χ1n) is 12.1. The first-order chi connectivity index (χ1) is 16.7. The van der Waals surface area contributed by atoms with Gasteiger partial charge in [-0.3, -0.25) is 9.48 Å². The standard InChI is InChI=1S/C25H31F3N6O/c26-25(27,28)13-18-3-1-2-4-19(18)15-31-20-7-9-24(10-8-20,11-12-29)34-16-21(22(30)35)23(33-34)32-14-17-5-6-17/h1-4,16-17,20,31H,5-11,13-15H2,(H2,30,35)(H,32,33)/t20-,24-. The third-order valence-electron chi connectivity index (χ3n) is 7.14. The van der Waals surface area contributed by atoms with Gasteiger partial charge in [-0.2, -0.15) is 23.5 Å². The van der Waals surface area contributed by atoms with E-state index in [0.29, 0.717) is 42.2 Å². The van der Waals surface area contributed by atoms with Crippen LogP contribution >= 0.6 is 0 Å². The van der Waals surface area contributed by atoms with Crippen molar-refractivity contribution in [2.24, 2.45) is 11.7 Å². The van der Waals surface area contributed by atoms with Crippen LogP contribution in [0.4, 0.5) is 19.0 Å². The normalized spacial score (nSPS) is 22.5. The van der Waals surface area contributed by atoms with Gasteiger partial charge in [-0.1, -0.05) is 24.3 Å². The Hall–Kier alpha value is -3.06. The fraction of sp³-hybridized carbons (Fsp3) is 0.560. The number of hydrogen-bond donors (Lipinski definition) is 3. The smallest absolute Gasteiger partial charge is 0.368 e. The first kappa shape index (κ1) is 25.0. The number of nitrogens with zero attached hydrogens (tertiary/aromatic N) is 3. The molecule has 2 fully saturated rings. The second-order valence-corrected chi connectivity index (χ2v) is 9.80.